The number of hydrogen-bond acceptors (Lipinski definition) is 5. The van der Waals surface area contributed by atoms with Gasteiger partial charge in [0.2, 0.25) is 0 Å². The van der Waals surface area contributed by atoms with Crippen LogP contribution in [0.4, 0.5) is 0 Å². The zero-order chi connectivity index (χ0) is 14.7. The lowest BCUT2D eigenvalue weighted by atomic mass is 9.89. The molecule has 1 aliphatic rings. The van der Waals surface area contributed by atoms with Crippen molar-refractivity contribution in [3.8, 4) is 0 Å². The number of aromatic amines is 1. The molecule has 21 heavy (non-hydrogen) atoms. The molecular weight excluding hydrogens is 272 g/mol. The van der Waals surface area contributed by atoms with E-state index in [1.807, 2.05) is 0 Å². The summed E-state index contributed by atoms with van der Waals surface area (Å²) in [5, 5.41) is 11.7. The van der Waals surface area contributed by atoms with Crippen molar-refractivity contribution in [1.29, 1.82) is 0 Å². The number of H-pyrrole nitrogens is 1. The molecule has 112 valence electrons. The van der Waals surface area contributed by atoms with Gasteiger partial charge in [0.15, 0.2) is 5.82 Å². The molecule has 2 heterocycles. The summed E-state index contributed by atoms with van der Waals surface area (Å²) in [6, 6.07) is 1.32. The Kier molecular flexibility index (Phi) is 3.94. The van der Waals surface area contributed by atoms with E-state index in [0.29, 0.717) is 11.7 Å². The topological polar surface area (TPSA) is 98.5 Å². The molecule has 1 saturated carbocycles. The second-order valence-electron chi connectivity index (χ2n) is 5.52. The second kappa shape index (κ2) is 6.02. The molecule has 8 heteroatoms. The highest BCUT2D eigenvalue weighted by Gasteiger charge is 2.17. The molecule has 0 radical (unpaired) electrons. The molecule has 8 nitrogen and oxygen atoms in total. The van der Waals surface area contributed by atoms with Gasteiger partial charge < -0.3 is 0 Å². The minimum absolute atomic E-state index is 0.259. The van der Waals surface area contributed by atoms with Crippen LogP contribution in [0.1, 0.15) is 37.9 Å². The van der Waals surface area contributed by atoms with E-state index in [1.165, 1.54) is 48.9 Å². The summed E-state index contributed by atoms with van der Waals surface area (Å²) in [4.78, 5) is 25.0. The van der Waals surface area contributed by atoms with Crippen molar-refractivity contribution in [3.63, 3.8) is 0 Å². The van der Waals surface area contributed by atoms with Gasteiger partial charge in [-0.2, -0.15) is 0 Å². The minimum atomic E-state index is -0.449. The first-order chi connectivity index (χ1) is 10.2. The zero-order valence-electron chi connectivity index (χ0n) is 11.7. The first kappa shape index (κ1) is 13.7. The Hall–Kier alpha value is -2.25. The van der Waals surface area contributed by atoms with Crippen LogP contribution in [-0.2, 0) is 13.1 Å². The summed E-state index contributed by atoms with van der Waals surface area (Å²) in [5.41, 5.74) is -0.854. The fourth-order valence-corrected chi connectivity index (χ4v) is 2.81. The third-order valence-corrected chi connectivity index (χ3v) is 3.97. The lowest BCUT2D eigenvalue weighted by Gasteiger charge is -2.21. The highest BCUT2D eigenvalue weighted by molar-refractivity contribution is 4.89. The average molecular weight is 290 g/mol. The summed E-state index contributed by atoms with van der Waals surface area (Å²) in [7, 11) is 0. The predicted molar refractivity (Wildman–Crippen MR) is 74.8 cm³/mol. The molecule has 0 unspecified atom stereocenters. The highest BCUT2D eigenvalue weighted by Crippen LogP contribution is 2.24. The molecule has 0 amide bonds. The lowest BCUT2D eigenvalue weighted by Crippen LogP contribution is -2.30. The molecule has 3 rings (SSSR count). The summed E-state index contributed by atoms with van der Waals surface area (Å²) in [5.74, 6) is 1.24. The maximum Gasteiger partial charge on any atom is 0.328 e. The minimum Gasteiger partial charge on any atom is -0.293 e. The van der Waals surface area contributed by atoms with E-state index in [-0.39, 0.29) is 6.54 Å². The fourth-order valence-electron chi connectivity index (χ4n) is 2.81. The van der Waals surface area contributed by atoms with Crippen molar-refractivity contribution in [1.82, 2.24) is 29.8 Å². The van der Waals surface area contributed by atoms with E-state index >= 15 is 0 Å². The lowest BCUT2D eigenvalue weighted by molar-refractivity contribution is 0.301. The van der Waals surface area contributed by atoms with Crippen LogP contribution in [0.25, 0.3) is 0 Å². The van der Waals surface area contributed by atoms with E-state index in [2.05, 4.69) is 20.5 Å². The summed E-state index contributed by atoms with van der Waals surface area (Å²) in [6.45, 7) is 1.05. The molecule has 0 bridgehead atoms. The highest BCUT2D eigenvalue weighted by atomic mass is 16.2. The van der Waals surface area contributed by atoms with Crippen LogP contribution >= 0.6 is 0 Å². The Labute approximate surface area is 120 Å². The maximum atomic E-state index is 11.7. The predicted octanol–water partition coefficient (Wildman–Crippen LogP) is 0.152. The summed E-state index contributed by atoms with van der Waals surface area (Å²) in [6.07, 6.45) is 7.71. The van der Waals surface area contributed by atoms with Crippen LogP contribution in [0.3, 0.4) is 0 Å². The Morgan fingerprint density at radius 3 is 2.81 bits per heavy atom. The second-order valence-corrected chi connectivity index (χ2v) is 5.52. The Morgan fingerprint density at radius 1 is 1.24 bits per heavy atom. The smallest absolute Gasteiger partial charge is 0.293 e. The first-order valence-corrected chi connectivity index (χ1v) is 7.27. The van der Waals surface area contributed by atoms with Crippen LogP contribution in [0.5, 0.6) is 0 Å². The fraction of sp³-hybridized carbons (Fsp3) is 0.615. The maximum absolute atomic E-state index is 11.7. The third-order valence-electron chi connectivity index (χ3n) is 3.97. The molecule has 0 aromatic carbocycles. The van der Waals surface area contributed by atoms with Crippen molar-refractivity contribution in [2.24, 2.45) is 5.92 Å². The number of tetrazole rings is 1. The monoisotopic (exact) mass is 290 g/mol. The Balaban J connectivity index is 1.75. The van der Waals surface area contributed by atoms with Crippen molar-refractivity contribution in [3.05, 3.63) is 38.9 Å². The number of hydrogen-bond donors (Lipinski definition) is 1. The van der Waals surface area contributed by atoms with Gasteiger partial charge in [-0.3, -0.25) is 14.3 Å². The van der Waals surface area contributed by atoms with Gasteiger partial charge in [-0.25, -0.2) is 9.48 Å². The van der Waals surface area contributed by atoms with E-state index in [1.54, 1.807) is 4.68 Å². The van der Waals surface area contributed by atoms with E-state index in [4.69, 9.17) is 0 Å². The van der Waals surface area contributed by atoms with E-state index < -0.39 is 11.2 Å². The molecule has 0 saturated heterocycles. The normalized spacial score (nSPS) is 16.2. The van der Waals surface area contributed by atoms with Crippen LogP contribution in [0.15, 0.2) is 21.9 Å². The van der Waals surface area contributed by atoms with Gasteiger partial charge in [0.05, 0.1) is 6.54 Å². The van der Waals surface area contributed by atoms with E-state index in [9.17, 15) is 9.59 Å². The molecule has 1 N–H and O–H groups in total. The molecule has 0 spiro atoms. The van der Waals surface area contributed by atoms with Crippen LogP contribution in [0.2, 0.25) is 0 Å². The Morgan fingerprint density at radius 2 is 2.05 bits per heavy atom. The van der Waals surface area contributed by atoms with Gasteiger partial charge in [0.1, 0.15) is 0 Å². The van der Waals surface area contributed by atoms with E-state index in [0.717, 1.165) is 6.54 Å². The molecule has 0 aliphatic heterocycles. The van der Waals surface area contributed by atoms with Gasteiger partial charge in [0.25, 0.3) is 5.56 Å². The third kappa shape index (κ3) is 3.26. The number of nitrogens with zero attached hydrogens (tertiary/aromatic N) is 5. The molecule has 1 aliphatic carbocycles. The van der Waals surface area contributed by atoms with Gasteiger partial charge in [-0.05, 0) is 29.2 Å². The number of rotatable bonds is 4. The molecule has 0 atom stereocenters. The standard InChI is InChI=1S/C13H18N6O2/c20-12-6-7-18(13(21)14-12)9-11-15-16-17-19(11)8-10-4-2-1-3-5-10/h6-7,10H,1-5,8-9H2,(H,14,20,21). The largest absolute Gasteiger partial charge is 0.328 e. The van der Waals surface area contributed by atoms with Crippen LogP contribution in [-0.4, -0.2) is 29.8 Å². The van der Waals surface area contributed by atoms with Crippen molar-refractivity contribution in [2.45, 2.75) is 45.2 Å². The van der Waals surface area contributed by atoms with Gasteiger partial charge in [-0.15, -0.1) is 5.10 Å². The van der Waals surface area contributed by atoms with Gasteiger partial charge in [0, 0.05) is 18.8 Å². The first-order valence-electron chi connectivity index (χ1n) is 7.27. The summed E-state index contributed by atoms with van der Waals surface area (Å²) >= 11 is 0. The Bertz CT molecular complexity index is 710. The van der Waals surface area contributed by atoms with Gasteiger partial charge >= 0.3 is 5.69 Å². The SMILES string of the molecule is O=c1ccn(Cc2nnnn2CC2CCCCC2)c(=O)[nH]1. The van der Waals surface area contributed by atoms with Crippen molar-refractivity contribution < 1.29 is 0 Å². The molecular formula is C13H18N6O2. The summed E-state index contributed by atoms with van der Waals surface area (Å²) < 4.78 is 3.16. The van der Waals surface area contributed by atoms with Gasteiger partial charge in [-0.1, -0.05) is 19.3 Å². The molecule has 1 fully saturated rings. The zero-order valence-corrected chi connectivity index (χ0v) is 11.7. The number of aromatic nitrogens is 6. The quantitative estimate of drug-likeness (QED) is 0.864. The average Bonchev–Trinajstić information content (AvgIpc) is 2.90. The molecule has 2 aromatic rings. The van der Waals surface area contributed by atoms with Crippen molar-refractivity contribution >= 4 is 0 Å². The van der Waals surface area contributed by atoms with Crippen LogP contribution in [0, 0.1) is 5.92 Å². The number of nitrogens with one attached hydrogen (secondary N) is 1. The van der Waals surface area contributed by atoms with Crippen LogP contribution < -0.4 is 11.2 Å². The molecule has 2 aromatic heterocycles. The van der Waals surface area contributed by atoms with Crippen molar-refractivity contribution in [2.75, 3.05) is 0 Å².